The van der Waals surface area contributed by atoms with Crippen LogP contribution in [0.2, 0.25) is 0 Å². The fourth-order valence-electron chi connectivity index (χ4n) is 3.31. The summed E-state index contributed by atoms with van der Waals surface area (Å²) in [6.07, 6.45) is 1.64. The molecule has 9 heteroatoms. The lowest BCUT2D eigenvalue weighted by molar-refractivity contribution is 0.0847. The first kappa shape index (κ1) is 21.5. The second kappa shape index (κ2) is 8.80. The second-order valence-corrected chi connectivity index (χ2v) is 8.75. The molecule has 3 aromatic heterocycles. The minimum atomic E-state index is -0.435. The van der Waals surface area contributed by atoms with Crippen molar-refractivity contribution in [3.05, 3.63) is 65.2 Å². The van der Waals surface area contributed by atoms with Crippen molar-refractivity contribution in [2.45, 2.75) is 19.9 Å². The number of nitrogens with zero attached hydrogens (tertiary/aromatic N) is 4. The molecule has 0 radical (unpaired) electrons. The van der Waals surface area contributed by atoms with Gasteiger partial charge in [0.1, 0.15) is 0 Å². The van der Waals surface area contributed by atoms with Gasteiger partial charge in [0.25, 0.3) is 11.8 Å². The maximum absolute atomic E-state index is 13.1. The number of nitrogens with one attached hydrogen (secondary N) is 2. The SMILES string of the molecule is CC(C)n1ncc2c(C(=O)NNC(=O)c3cccc(N(C)C)c3)cc(-c3cccs3)nc21. The van der Waals surface area contributed by atoms with Crippen molar-refractivity contribution >= 4 is 39.9 Å². The molecule has 8 nitrogen and oxygen atoms in total. The van der Waals surface area contributed by atoms with E-state index < -0.39 is 11.8 Å². The van der Waals surface area contributed by atoms with E-state index >= 15 is 0 Å². The van der Waals surface area contributed by atoms with Crippen LogP contribution in [0.1, 0.15) is 40.6 Å². The zero-order valence-electron chi connectivity index (χ0n) is 18.3. The summed E-state index contributed by atoms with van der Waals surface area (Å²) < 4.78 is 1.79. The molecule has 0 fully saturated rings. The molecule has 0 saturated carbocycles. The van der Waals surface area contributed by atoms with Gasteiger partial charge in [-0.3, -0.25) is 20.4 Å². The molecule has 4 aromatic rings. The monoisotopic (exact) mass is 448 g/mol. The quantitative estimate of drug-likeness (QED) is 0.452. The van der Waals surface area contributed by atoms with E-state index in [1.807, 2.05) is 56.4 Å². The van der Waals surface area contributed by atoms with Crippen molar-refractivity contribution in [3.8, 4) is 10.6 Å². The predicted molar refractivity (Wildman–Crippen MR) is 127 cm³/mol. The second-order valence-electron chi connectivity index (χ2n) is 7.81. The molecule has 0 aliphatic rings. The van der Waals surface area contributed by atoms with Gasteiger partial charge in [-0.2, -0.15) is 5.10 Å². The van der Waals surface area contributed by atoms with Crippen LogP contribution >= 0.6 is 11.3 Å². The topological polar surface area (TPSA) is 92.2 Å². The van der Waals surface area contributed by atoms with Crippen molar-refractivity contribution in [3.63, 3.8) is 0 Å². The fourth-order valence-corrected chi connectivity index (χ4v) is 4.00. The van der Waals surface area contributed by atoms with Crippen molar-refractivity contribution in [2.24, 2.45) is 0 Å². The average Bonchev–Trinajstić information content (AvgIpc) is 3.46. The lowest BCUT2D eigenvalue weighted by atomic mass is 10.1. The molecule has 0 saturated heterocycles. The molecule has 32 heavy (non-hydrogen) atoms. The lowest BCUT2D eigenvalue weighted by Gasteiger charge is -2.14. The molecular formula is C23H24N6O2S. The van der Waals surface area contributed by atoms with Crippen molar-refractivity contribution < 1.29 is 9.59 Å². The van der Waals surface area contributed by atoms with Crippen LogP contribution in [0.5, 0.6) is 0 Å². The molecule has 0 spiro atoms. The molecule has 3 heterocycles. The van der Waals surface area contributed by atoms with Gasteiger partial charge in [0, 0.05) is 31.4 Å². The van der Waals surface area contributed by atoms with Crippen LogP contribution < -0.4 is 15.8 Å². The number of hydrazine groups is 1. The van der Waals surface area contributed by atoms with Crippen LogP contribution in [0, 0.1) is 0 Å². The highest BCUT2D eigenvalue weighted by molar-refractivity contribution is 7.13. The lowest BCUT2D eigenvalue weighted by Crippen LogP contribution is -2.41. The minimum Gasteiger partial charge on any atom is -0.378 e. The molecular weight excluding hydrogens is 424 g/mol. The third kappa shape index (κ3) is 4.19. The highest BCUT2D eigenvalue weighted by Crippen LogP contribution is 2.28. The Bertz CT molecular complexity index is 1280. The number of aromatic nitrogens is 3. The van der Waals surface area contributed by atoms with Crippen LogP contribution in [0.25, 0.3) is 21.6 Å². The Kier molecular flexibility index (Phi) is 5.91. The predicted octanol–water partition coefficient (Wildman–Crippen LogP) is 3.88. The van der Waals surface area contributed by atoms with Gasteiger partial charge >= 0.3 is 0 Å². The number of benzene rings is 1. The van der Waals surface area contributed by atoms with Gasteiger partial charge < -0.3 is 4.90 Å². The third-order valence-corrected chi connectivity index (χ3v) is 5.88. The highest BCUT2D eigenvalue weighted by atomic mass is 32.1. The third-order valence-electron chi connectivity index (χ3n) is 4.99. The number of fused-ring (bicyclic) bond motifs is 1. The number of thiophene rings is 1. The standard InChI is InChI=1S/C23H24N6O2S/c1-14(2)29-21-18(13-24-29)17(12-19(25-21)20-9-6-10-32-20)23(31)27-26-22(30)15-7-5-8-16(11-15)28(3)4/h5-14H,1-4H3,(H,26,30)(H,27,31). The number of pyridine rings is 1. The van der Waals surface area contributed by atoms with Crippen molar-refractivity contribution in [1.82, 2.24) is 25.6 Å². The van der Waals surface area contributed by atoms with Gasteiger partial charge in [0.15, 0.2) is 5.65 Å². The van der Waals surface area contributed by atoms with E-state index in [0.717, 1.165) is 10.6 Å². The van der Waals surface area contributed by atoms with E-state index in [0.29, 0.717) is 27.9 Å². The van der Waals surface area contributed by atoms with Crippen LogP contribution in [-0.4, -0.2) is 40.7 Å². The number of hydrogen-bond acceptors (Lipinski definition) is 6. The van der Waals surface area contributed by atoms with E-state index in [1.165, 1.54) is 0 Å². The summed E-state index contributed by atoms with van der Waals surface area (Å²) in [7, 11) is 3.80. The number of amides is 2. The summed E-state index contributed by atoms with van der Waals surface area (Å²) in [4.78, 5) is 33.3. The zero-order chi connectivity index (χ0) is 22.8. The number of carbonyl (C=O) groups is 2. The first-order chi connectivity index (χ1) is 15.3. The van der Waals surface area contributed by atoms with Crippen LogP contribution in [-0.2, 0) is 0 Å². The first-order valence-electron chi connectivity index (χ1n) is 10.2. The number of carbonyl (C=O) groups excluding carboxylic acids is 2. The van der Waals surface area contributed by atoms with Crippen molar-refractivity contribution in [1.29, 1.82) is 0 Å². The summed E-state index contributed by atoms with van der Waals surface area (Å²) >= 11 is 1.54. The summed E-state index contributed by atoms with van der Waals surface area (Å²) in [6.45, 7) is 4.02. The van der Waals surface area contributed by atoms with E-state index in [-0.39, 0.29) is 6.04 Å². The largest absolute Gasteiger partial charge is 0.378 e. The summed E-state index contributed by atoms with van der Waals surface area (Å²) in [5.74, 6) is -0.834. The molecule has 0 unspecified atom stereocenters. The Balaban J connectivity index is 1.63. The normalized spacial score (nSPS) is 11.0. The number of rotatable bonds is 5. The maximum Gasteiger partial charge on any atom is 0.270 e. The minimum absolute atomic E-state index is 0.0816. The molecule has 0 atom stereocenters. The molecule has 1 aromatic carbocycles. The van der Waals surface area contributed by atoms with Gasteiger partial charge in [0.05, 0.1) is 27.7 Å². The summed E-state index contributed by atoms with van der Waals surface area (Å²) in [6, 6.07) is 12.9. The Morgan fingerprint density at radius 3 is 2.53 bits per heavy atom. The highest BCUT2D eigenvalue weighted by Gasteiger charge is 2.19. The Morgan fingerprint density at radius 2 is 1.84 bits per heavy atom. The van der Waals surface area contributed by atoms with Crippen LogP contribution in [0.4, 0.5) is 5.69 Å². The van der Waals surface area contributed by atoms with E-state index in [2.05, 4.69) is 16.0 Å². The fraction of sp³-hybridized carbons (Fsp3) is 0.217. The Morgan fingerprint density at radius 1 is 1.06 bits per heavy atom. The Labute approximate surface area is 189 Å². The molecule has 0 aliphatic carbocycles. The average molecular weight is 449 g/mol. The molecule has 2 N–H and O–H groups in total. The van der Waals surface area contributed by atoms with Gasteiger partial charge in [-0.1, -0.05) is 12.1 Å². The number of anilines is 1. The van der Waals surface area contributed by atoms with E-state index in [1.54, 1.807) is 46.5 Å². The zero-order valence-corrected chi connectivity index (χ0v) is 19.1. The Hall–Kier alpha value is -3.72. The molecule has 0 bridgehead atoms. The van der Waals surface area contributed by atoms with E-state index in [9.17, 15) is 9.59 Å². The summed E-state index contributed by atoms with van der Waals surface area (Å²) in [5.41, 5.74) is 8.09. The molecule has 2 amide bonds. The van der Waals surface area contributed by atoms with E-state index in [4.69, 9.17) is 4.98 Å². The van der Waals surface area contributed by atoms with Crippen LogP contribution in [0.3, 0.4) is 0 Å². The van der Waals surface area contributed by atoms with Gasteiger partial charge in [-0.25, -0.2) is 9.67 Å². The first-order valence-corrected chi connectivity index (χ1v) is 11.0. The van der Waals surface area contributed by atoms with Crippen molar-refractivity contribution in [2.75, 3.05) is 19.0 Å². The maximum atomic E-state index is 13.1. The van der Waals surface area contributed by atoms with Gasteiger partial charge in [0.2, 0.25) is 0 Å². The van der Waals surface area contributed by atoms with Crippen LogP contribution in [0.15, 0.2) is 54.0 Å². The summed E-state index contributed by atoms with van der Waals surface area (Å²) in [5, 5.41) is 7.00. The number of hydrogen-bond donors (Lipinski definition) is 2. The van der Waals surface area contributed by atoms with Gasteiger partial charge in [-0.05, 0) is 49.6 Å². The molecule has 4 rings (SSSR count). The molecule has 0 aliphatic heterocycles. The smallest absolute Gasteiger partial charge is 0.270 e. The molecule has 164 valence electrons. The van der Waals surface area contributed by atoms with Gasteiger partial charge in [-0.15, -0.1) is 11.3 Å².